The Hall–Kier alpha value is -1.96. The van der Waals surface area contributed by atoms with Crippen LogP contribution >= 0.6 is 0 Å². The van der Waals surface area contributed by atoms with Gasteiger partial charge >= 0.3 is 11.8 Å². The third-order valence-electron chi connectivity index (χ3n) is 1.64. The zero-order chi connectivity index (χ0) is 12.7. The maximum absolute atomic E-state index is 11.3. The minimum Gasteiger partial charge on any atom is -0.286 e. The van der Waals surface area contributed by atoms with E-state index in [2.05, 4.69) is 0 Å². The largest absolute Gasteiger partial charge is 0.338 e. The molecule has 4 amide bonds. The number of carbonyl (C=O) groups is 4. The van der Waals surface area contributed by atoms with Crippen molar-refractivity contribution >= 4 is 23.6 Å². The van der Waals surface area contributed by atoms with Crippen molar-refractivity contribution in [2.24, 2.45) is 5.84 Å². The normalized spacial score (nSPS) is 9.19. The van der Waals surface area contributed by atoms with Crippen molar-refractivity contribution < 1.29 is 19.2 Å². The van der Waals surface area contributed by atoms with Crippen LogP contribution in [0.15, 0.2) is 0 Å². The van der Waals surface area contributed by atoms with E-state index in [1.165, 1.54) is 13.8 Å². The molecule has 0 saturated carbocycles. The van der Waals surface area contributed by atoms with E-state index in [4.69, 9.17) is 5.84 Å². The Morgan fingerprint density at radius 2 is 1.69 bits per heavy atom. The summed E-state index contributed by atoms with van der Waals surface area (Å²) in [6, 6.07) is 0. The molecule has 0 atom stereocenters. The highest BCUT2D eigenvalue weighted by molar-refractivity contribution is 6.37. The second-order valence-corrected chi connectivity index (χ2v) is 2.75. The van der Waals surface area contributed by atoms with Crippen LogP contribution in [0.3, 0.4) is 0 Å². The highest BCUT2D eigenvalue weighted by atomic mass is 16.2. The van der Waals surface area contributed by atoms with Crippen LogP contribution in [0.1, 0.15) is 26.7 Å². The number of hydrogen-bond acceptors (Lipinski definition) is 5. The Bertz CT molecular complexity index is 315. The van der Waals surface area contributed by atoms with E-state index in [0.717, 1.165) is 0 Å². The minimum atomic E-state index is -1.23. The third-order valence-corrected chi connectivity index (χ3v) is 1.64. The average molecular weight is 230 g/mol. The van der Waals surface area contributed by atoms with Gasteiger partial charge in [0.1, 0.15) is 0 Å². The number of carbonyl (C=O) groups excluding carboxylic acids is 4. The van der Waals surface area contributed by atoms with Gasteiger partial charge in [0, 0.05) is 12.8 Å². The van der Waals surface area contributed by atoms with Gasteiger partial charge < -0.3 is 0 Å². The van der Waals surface area contributed by atoms with E-state index in [1.54, 1.807) is 5.43 Å². The van der Waals surface area contributed by atoms with Crippen LogP contribution in [0.5, 0.6) is 0 Å². The van der Waals surface area contributed by atoms with E-state index >= 15 is 0 Å². The van der Waals surface area contributed by atoms with Crippen LogP contribution < -0.4 is 16.7 Å². The molecule has 0 heterocycles. The number of nitrogens with two attached hydrogens (primary N) is 1. The van der Waals surface area contributed by atoms with Gasteiger partial charge in [-0.05, 0) is 0 Å². The number of amides is 4. The zero-order valence-corrected chi connectivity index (χ0v) is 9.07. The predicted octanol–water partition coefficient (Wildman–Crippen LogP) is -1.82. The molecule has 0 rings (SSSR count). The Morgan fingerprint density at radius 1 is 1.12 bits per heavy atom. The maximum atomic E-state index is 11.3. The standard InChI is InChI=1S/C8H14N4O4/c1-3-5(13)11-12(6(14)4-2)8(16)7(15)10-9/h3-4,9H2,1-2H3,(H,10,15)(H,11,13). The molecule has 0 aromatic carbocycles. The fourth-order valence-corrected chi connectivity index (χ4v) is 0.752. The first-order valence-corrected chi connectivity index (χ1v) is 4.65. The highest BCUT2D eigenvalue weighted by Gasteiger charge is 2.27. The number of hydrogen-bond donors (Lipinski definition) is 3. The van der Waals surface area contributed by atoms with Gasteiger partial charge in [0.2, 0.25) is 11.8 Å². The first-order chi connectivity index (χ1) is 7.47. The van der Waals surface area contributed by atoms with Crippen molar-refractivity contribution in [3.63, 3.8) is 0 Å². The molecule has 0 aliphatic rings. The zero-order valence-electron chi connectivity index (χ0n) is 9.07. The summed E-state index contributed by atoms with van der Waals surface area (Å²) in [5.41, 5.74) is 3.59. The van der Waals surface area contributed by atoms with Crippen LogP contribution in [-0.4, -0.2) is 28.6 Å². The molecule has 0 saturated heterocycles. The summed E-state index contributed by atoms with van der Waals surface area (Å²) in [5, 5.41) is 0.355. The van der Waals surface area contributed by atoms with Crippen molar-refractivity contribution in [1.29, 1.82) is 0 Å². The lowest BCUT2D eigenvalue weighted by molar-refractivity contribution is -0.158. The second kappa shape index (κ2) is 6.51. The van der Waals surface area contributed by atoms with E-state index in [1.807, 2.05) is 5.43 Å². The van der Waals surface area contributed by atoms with Crippen molar-refractivity contribution in [3.8, 4) is 0 Å². The van der Waals surface area contributed by atoms with Crippen molar-refractivity contribution in [2.75, 3.05) is 0 Å². The van der Waals surface area contributed by atoms with Crippen LogP contribution in [-0.2, 0) is 19.2 Å². The Morgan fingerprint density at radius 3 is 2.06 bits per heavy atom. The molecule has 0 aliphatic carbocycles. The third kappa shape index (κ3) is 3.65. The summed E-state index contributed by atoms with van der Waals surface area (Å²) >= 11 is 0. The van der Waals surface area contributed by atoms with Gasteiger partial charge in [0.15, 0.2) is 0 Å². The Labute approximate surface area is 92.1 Å². The molecule has 0 bridgehead atoms. The summed E-state index contributed by atoms with van der Waals surface area (Å²) in [5.74, 6) is 1.08. The van der Waals surface area contributed by atoms with E-state index in [0.29, 0.717) is 5.01 Å². The number of rotatable bonds is 2. The van der Waals surface area contributed by atoms with Gasteiger partial charge in [0.05, 0.1) is 0 Å². The smallest absolute Gasteiger partial charge is 0.286 e. The molecule has 0 radical (unpaired) electrons. The minimum absolute atomic E-state index is 0.0341. The molecule has 90 valence electrons. The fourth-order valence-electron chi connectivity index (χ4n) is 0.752. The quantitative estimate of drug-likeness (QED) is 0.223. The monoisotopic (exact) mass is 230 g/mol. The van der Waals surface area contributed by atoms with Gasteiger partial charge in [-0.3, -0.25) is 30.0 Å². The van der Waals surface area contributed by atoms with Crippen molar-refractivity contribution in [3.05, 3.63) is 0 Å². The highest BCUT2D eigenvalue weighted by Crippen LogP contribution is 1.93. The van der Waals surface area contributed by atoms with Crippen LogP contribution in [0, 0.1) is 0 Å². The summed E-state index contributed by atoms with van der Waals surface area (Å²) in [7, 11) is 0. The molecule has 0 spiro atoms. The molecule has 0 unspecified atom stereocenters. The van der Waals surface area contributed by atoms with Gasteiger partial charge in [0.25, 0.3) is 0 Å². The average Bonchev–Trinajstić information content (AvgIpc) is 2.32. The molecule has 8 nitrogen and oxygen atoms in total. The van der Waals surface area contributed by atoms with Crippen LogP contribution in [0.2, 0.25) is 0 Å². The first kappa shape index (κ1) is 14.0. The van der Waals surface area contributed by atoms with Crippen LogP contribution in [0.25, 0.3) is 0 Å². The topological polar surface area (TPSA) is 122 Å². The summed E-state index contributed by atoms with van der Waals surface area (Å²) in [6.07, 6.45) is 0.0403. The van der Waals surface area contributed by atoms with Crippen molar-refractivity contribution in [1.82, 2.24) is 15.9 Å². The lowest BCUT2D eigenvalue weighted by Gasteiger charge is -2.19. The van der Waals surface area contributed by atoms with E-state index < -0.39 is 23.6 Å². The number of nitrogens with one attached hydrogen (secondary N) is 2. The summed E-state index contributed by atoms with van der Waals surface area (Å²) in [4.78, 5) is 44.6. The molecule has 0 aromatic heterocycles. The van der Waals surface area contributed by atoms with Gasteiger partial charge in [-0.15, -0.1) is 0 Å². The molecular weight excluding hydrogens is 216 g/mol. The first-order valence-electron chi connectivity index (χ1n) is 4.65. The molecule has 0 aliphatic heterocycles. The Balaban J connectivity index is 4.80. The van der Waals surface area contributed by atoms with Crippen molar-refractivity contribution in [2.45, 2.75) is 26.7 Å². The Kier molecular flexibility index (Phi) is 5.71. The lowest BCUT2D eigenvalue weighted by atomic mass is 10.4. The van der Waals surface area contributed by atoms with Gasteiger partial charge in [-0.25, -0.2) is 5.84 Å². The summed E-state index contributed by atoms with van der Waals surface area (Å²) in [6.45, 7) is 3.03. The van der Waals surface area contributed by atoms with E-state index in [9.17, 15) is 19.2 Å². The lowest BCUT2D eigenvalue weighted by Crippen LogP contribution is -2.55. The molecule has 4 N–H and O–H groups in total. The summed E-state index contributed by atoms with van der Waals surface area (Å²) < 4.78 is 0. The molecular formula is C8H14N4O4. The predicted molar refractivity (Wildman–Crippen MR) is 52.9 cm³/mol. The number of hydrazine groups is 2. The number of imide groups is 1. The maximum Gasteiger partial charge on any atom is 0.338 e. The van der Waals surface area contributed by atoms with Gasteiger partial charge in [-0.2, -0.15) is 5.01 Å². The fraction of sp³-hybridized carbons (Fsp3) is 0.500. The number of nitrogens with zero attached hydrogens (tertiary/aromatic N) is 1. The second-order valence-electron chi connectivity index (χ2n) is 2.75. The van der Waals surface area contributed by atoms with Gasteiger partial charge in [-0.1, -0.05) is 13.8 Å². The molecule has 0 fully saturated rings. The molecule has 16 heavy (non-hydrogen) atoms. The molecule has 0 aromatic rings. The SMILES string of the molecule is CCC(=O)NN(C(=O)CC)C(=O)C(=O)NN. The van der Waals surface area contributed by atoms with Crippen LogP contribution in [0.4, 0.5) is 0 Å². The molecule has 8 heteroatoms. The van der Waals surface area contributed by atoms with E-state index in [-0.39, 0.29) is 12.8 Å².